The topological polar surface area (TPSA) is 110 Å². The lowest BCUT2D eigenvalue weighted by molar-refractivity contribution is -0.122. The summed E-state index contributed by atoms with van der Waals surface area (Å²) in [5.74, 6) is -1.95. The molecule has 1 aliphatic heterocycles. The Balaban J connectivity index is 1.77. The molecule has 0 radical (unpaired) electrons. The number of urea groups is 1. The van der Waals surface area contributed by atoms with E-state index in [1.807, 2.05) is 6.92 Å². The van der Waals surface area contributed by atoms with Crippen LogP contribution in [-0.4, -0.2) is 26.3 Å². The number of aryl methyl sites for hydroxylation is 1. The van der Waals surface area contributed by atoms with Crippen molar-refractivity contribution < 1.29 is 27.0 Å². The van der Waals surface area contributed by atoms with Crippen LogP contribution in [0, 0.1) is 13.8 Å². The van der Waals surface area contributed by atoms with Gasteiger partial charge in [0.1, 0.15) is 16.2 Å². The van der Waals surface area contributed by atoms with E-state index in [1.54, 1.807) is 37.3 Å². The fourth-order valence-corrected chi connectivity index (χ4v) is 4.95. The molecule has 1 heterocycles. The van der Waals surface area contributed by atoms with Crippen molar-refractivity contribution in [1.82, 2.24) is 5.32 Å². The molecule has 0 aromatic heterocycles. The van der Waals surface area contributed by atoms with Crippen LogP contribution in [0.15, 0.2) is 75.6 Å². The maximum absolute atomic E-state index is 13.3. The molecule has 36 heavy (non-hydrogen) atoms. The number of hydrogen-bond acceptors (Lipinski definition) is 6. The minimum atomic E-state index is -4.22. The Morgan fingerprint density at radius 2 is 1.69 bits per heavy atom. The standard InChI is InChI=1S/C25H18BrClN2O6S/c1-14-6-9-18(10-7-14)36(33,34)35-22-11-8-17(26)12-16(22)13-19-23(30)28-25(32)29(24(19)31)21-5-3-4-20(27)15(21)2/h3-13H,1-2H3,(H,28,30,32)/b19-13+. The van der Waals surface area contributed by atoms with Crippen molar-refractivity contribution in [2.45, 2.75) is 18.7 Å². The summed E-state index contributed by atoms with van der Waals surface area (Å²) in [4.78, 5) is 39.2. The summed E-state index contributed by atoms with van der Waals surface area (Å²) in [6.45, 7) is 3.45. The van der Waals surface area contributed by atoms with Crippen molar-refractivity contribution in [3.8, 4) is 5.75 Å². The maximum Gasteiger partial charge on any atom is 0.339 e. The van der Waals surface area contributed by atoms with Crippen molar-refractivity contribution in [2.24, 2.45) is 0 Å². The van der Waals surface area contributed by atoms with Crippen LogP contribution in [0.1, 0.15) is 16.7 Å². The van der Waals surface area contributed by atoms with Gasteiger partial charge in [0.05, 0.1) is 5.69 Å². The predicted molar refractivity (Wildman–Crippen MR) is 138 cm³/mol. The van der Waals surface area contributed by atoms with Crippen molar-refractivity contribution in [1.29, 1.82) is 0 Å². The van der Waals surface area contributed by atoms with Gasteiger partial charge in [0.25, 0.3) is 11.8 Å². The number of halogens is 2. The van der Waals surface area contributed by atoms with Crippen LogP contribution in [0.4, 0.5) is 10.5 Å². The zero-order valence-corrected chi connectivity index (χ0v) is 22.1. The van der Waals surface area contributed by atoms with Crippen molar-refractivity contribution in [2.75, 3.05) is 4.90 Å². The molecule has 0 unspecified atom stereocenters. The van der Waals surface area contributed by atoms with Gasteiger partial charge in [-0.15, -0.1) is 0 Å². The molecule has 0 saturated carbocycles. The summed E-state index contributed by atoms with van der Waals surface area (Å²) in [6, 6.07) is 14.3. The number of carbonyl (C=O) groups is 3. The smallest absolute Gasteiger partial charge is 0.339 e. The van der Waals surface area contributed by atoms with E-state index in [1.165, 1.54) is 36.4 Å². The Morgan fingerprint density at radius 1 is 1.00 bits per heavy atom. The molecule has 1 fully saturated rings. The van der Waals surface area contributed by atoms with Crippen LogP contribution in [0.2, 0.25) is 5.02 Å². The van der Waals surface area contributed by atoms with E-state index in [0.717, 1.165) is 10.5 Å². The van der Waals surface area contributed by atoms with Gasteiger partial charge in [0.15, 0.2) is 0 Å². The number of rotatable bonds is 5. The van der Waals surface area contributed by atoms with E-state index >= 15 is 0 Å². The SMILES string of the molecule is Cc1ccc(S(=O)(=O)Oc2ccc(Br)cc2/C=C2\C(=O)NC(=O)N(c3cccc(Cl)c3C)C2=O)cc1. The molecular weight excluding hydrogens is 572 g/mol. The third kappa shape index (κ3) is 5.06. The first-order valence-corrected chi connectivity index (χ1v) is 13.0. The van der Waals surface area contributed by atoms with E-state index in [2.05, 4.69) is 21.2 Å². The zero-order chi connectivity index (χ0) is 26.2. The third-order valence-corrected chi connectivity index (χ3v) is 7.51. The number of amides is 4. The maximum atomic E-state index is 13.3. The molecule has 0 spiro atoms. The van der Waals surface area contributed by atoms with E-state index in [9.17, 15) is 22.8 Å². The minimum Gasteiger partial charge on any atom is -0.378 e. The van der Waals surface area contributed by atoms with E-state index in [-0.39, 0.29) is 21.9 Å². The van der Waals surface area contributed by atoms with Crippen LogP contribution < -0.4 is 14.4 Å². The van der Waals surface area contributed by atoms with Gasteiger partial charge in [-0.05, 0) is 68.0 Å². The number of nitrogens with one attached hydrogen (secondary N) is 1. The molecule has 4 amide bonds. The summed E-state index contributed by atoms with van der Waals surface area (Å²) in [5.41, 5.74) is 1.27. The molecule has 3 aromatic rings. The quantitative estimate of drug-likeness (QED) is 0.250. The number of carbonyl (C=O) groups excluding carboxylic acids is 3. The molecule has 0 bridgehead atoms. The Hall–Kier alpha value is -3.47. The number of nitrogens with zero attached hydrogens (tertiary/aromatic N) is 1. The van der Waals surface area contributed by atoms with Crippen molar-refractivity contribution in [3.63, 3.8) is 0 Å². The molecule has 11 heteroatoms. The molecule has 1 saturated heterocycles. The Labute approximate surface area is 220 Å². The monoisotopic (exact) mass is 588 g/mol. The lowest BCUT2D eigenvalue weighted by atomic mass is 10.1. The highest BCUT2D eigenvalue weighted by molar-refractivity contribution is 9.10. The average Bonchev–Trinajstić information content (AvgIpc) is 2.81. The number of hydrogen-bond donors (Lipinski definition) is 1. The largest absolute Gasteiger partial charge is 0.378 e. The van der Waals surface area contributed by atoms with E-state index < -0.39 is 33.5 Å². The zero-order valence-electron chi connectivity index (χ0n) is 18.9. The summed E-state index contributed by atoms with van der Waals surface area (Å²) in [6.07, 6.45) is 1.17. The van der Waals surface area contributed by atoms with Crippen molar-refractivity contribution in [3.05, 3.63) is 92.4 Å². The van der Waals surface area contributed by atoms with Crippen LogP contribution >= 0.6 is 27.5 Å². The van der Waals surface area contributed by atoms with Gasteiger partial charge in [-0.1, -0.05) is 51.3 Å². The highest BCUT2D eigenvalue weighted by atomic mass is 79.9. The van der Waals surface area contributed by atoms with Crippen LogP contribution in [0.5, 0.6) is 5.75 Å². The fraction of sp³-hybridized carbons (Fsp3) is 0.0800. The Morgan fingerprint density at radius 3 is 2.39 bits per heavy atom. The van der Waals surface area contributed by atoms with Gasteiger partial charge < -0.3 is 4.18 Å². The second kappa shape index (κ2) is 9.88. The number of benzene rings is 3. The summed E-state index contributed by atoms with van der Waals surface area (Å²) < 4.78 is 31.6. The first kappa shape index (κ1) is 25.6. The number of barbiturate groups is 1. The van der Waals surface area contributed by atoms with Crippen molar-refractivity contribution >= 4 is 67.3 Å². The molecule has 0 aliphatic carbocycles. The lowest BCUT2D eigenvalue weighted by Crippen LogP contribution is -2.54. The Kier molecular flexibility index (Phi) is 7.03. The van der Waals surface area contributed by atoms with Crippen LogP contribution in [0.25, 0.3) is 6.08 Å². The highest BCUT2D eigenvalue weighted by Gasteiger charge is 2.38. The Bertz CT molecular complexity index is 1550. The average molecular weight is 590 g/mol. The second-order valence-corrected chi connectivity index (χ2v) is 10.7. The number of anilines is 1. The first-order valence-electron chi connectivity index (χ1n) is 10.5. The summed E-state index contributed by atoms with van der Waals surface area (Å²) in [7, 11) is -4.22. The number of imide groups is 2. The molecule has 3 aromatic carbocycles. The third-order valence-electron chi connectivity index (χ3n) is 5.36. The fourth-order valence-electron chi connectivity index (χ4n) is 3.45. The predicted octanol–water partition coefficient (Wildman–Crippen LogP) is 5.15. The van der Waals surface area contributed by atoms with Gasteiger partial charge in [0.2, 0.25) is 0 Å². The van der Waals surface area contributed by atoms with Gasteiger partial charge in [-0.25, -0.2) is 9.69 Å². The first-order chi connectivity index (χ1) is 17.0. The van der Waals surface area contributed by atoms with Gasteiger partial charge >= 0.3 is 16.1 Å². The van der Waals surface area contributed by atoms with E-state index in [4.69, 9.17) is 15.8 Å². The normalized spacial score (nSPS) is 15.3. The van der Waals surface area contributed by atoms with Crippen LogP contribution in [-0.2, 0) is 19.7 Å². The van der Waals surface area contributed by atoms with Gasteiger partial charge in [-0.2, -0.15) is 8.42 Å². The molecule has 4 rings (SSSR count). The van der Waals surface area contributed by atoms with Gasteiger partial charge in [0, 0.05) is 15.1 Å². The van der Waals surface area contributed by atoms with Gasteiger partial charge in [-0.3, -0.25) is 14.9 Å². The molecule has 184 valence electrons. The molecule has 8 nitrogen and oxygen atoms in total. The molecule has 1 aliphatic rings. The lowest BCUT2D eigenvalue weighted by Gasteiger charge is -2.27. The van der Waals surface area contributed by atoms with Crippen LogP contribution in [0.3, 0.4) is 0 Å². The van der Waals surface area contributed by atoms with E-state index in [0.29, 0.717) is 15.1 Å². The molecule has 0 atom stereocenters. The second-order valence-electron chi connectivity index (χ2n) is 7.87. The summed E-state index contributed by atoms with van der Waals surface area (Å²) in [5, 5.41) is 2.47. The summed E-state index contributed by atoms with van der Waals surface area (Å²) >= 11 is 9.45. The molecular formula is C25H18BrClN2O6S. The highest BCUT2D eigenvalue weighted by Crippen LogP contribution is 2.32. The molecule has 1 N–H and O–H groups in total. The minimum absolute atomic E-state index is 0.0608.